The van der Waals surface area contributed by atoms with Crippen LogP contribution in [0.4, 0.5) is 0 Å². The van der Waals surface area contributed by atoms with E-state index >= 15 is 0 Å². The molecule has 6 heteroatoms. The van der Waals surface area contributed by atoms with E-state index in [4.69, 9.17) is 0 Å². The molecular weight excluding hydrogens is 449 g/mol. The maximum atomic E-state index is 4.40. The van der Waals surface area contributed by atoms with E-state index in [1.165, 1.54) is 65.0 Å². The first kappa shape index (κ1) is 26.9. The van der Waals surface area contributed by atoms with E-state index in [9.17, 15) is 0 Å². The van der Waals surface area contributed by atoms with Crippen LogP contribution in [-0.2, 0) is 0 Å². The fourth-order valence-corrected chi connectivity index (χ4v) is 3.55. The first-order valence-electron chi connectivity index (χ1n) is 10.8. The molecule has 0 aromatic rings. The van der Waals surface area contributed by atoms with Crippen LogP contribution in [0, 0.1) is 11.3 Å². The maximum absolute atomic E-state index is 4.40. The zero-order chi connectivity index (χ0) is 19.4. The number of unbranched alkanes of at least 4 members (excludes halogenated alkanes) is 2. The summed E-state index contributed by atoms with van der Waals surface area (Å²) in [7, 11) is 1.87. The molecule has 5 nitrogen and oxygen atoms in total. The van der Waals surface area contributed by atoms with Gasteiger partial charge in [-0.2, -0.15) is 0 Å². The number of halogens is 1. The normalized spacial score (nSPS) is 18.1. The summed E-state index contributed by atoms with van der Waals surface area (Å²) in [6.45, 7) is 20.7. The zero-order valence-electron chi connectivity index (χ0n) is 18.8. The van der Waals surface area contributed by atoms with E-state index in [1.807, 2.05) is 7.05 Å². The molecule has 0 aromatic heterocycles. The van der Waals surface area contributed by atoms with E-state index in [0.717, 1.165) is 19.0 Å². The van der Waals surface area contributed by atoms with Gasteiger partial charge >= 0.3 is 0 Å². The number of aliphatic imine (C=N–C) groups is 1. The highest BCUT2D eigenvalue weighted by atomic mass is 127. The second kappa shape index (κ2) is 14.9. The molecule has 0 bridgehead atoms. The third-order valence-corrected chi connectivity index (χ3v) is 5.52. The number of likely N-dealkylation sites (N-methyl/N-ethyl adjacent to an activating group) is 1. The van der Waals surface area contributed by atoms with Crippen molar-refractivity contribution in [2.45, 2.75) is 60.3 Å². The Morgan fingerprint density at radius 3 is 2.22 bits per heavy atom. The quantitative estimate of drug-likeness (QED) is 0.199. The van der Waals surface area contributed by atoms with Gasteiger partial charge in [0.2, 0.25) is 0 Å². The minimum absolute atomic E-state index is 0. The molecule has 0 spiro atoms. The van der Waals surface area contributed by atoms with Gasteiger partial charge < -0.3 is 20.4 Å². The fourth-order valence-electron chi connectivity index (χ4n) is 3.55. The van der Waals surface area contributed by atoms with Crippen LogP contribution in [0.5, 0.6) is 0 Å². The van der Waals surface area contributed by atoms with Gasteiger partial charge in [0.1, 0.15) is 0 Å². The molecule has 162 valence electrons. The fraction of sp³-hybridized carbons (Fsp3) is 0.952. The van der Waals surface area contributed by atoms with Crippen LogP contribution >= 0.6 is 24.0 Å². The summed E-state index contributed by atoms with van der Waals surface area (Å²) in [6, 6.07) is 0. The SMILES string of the molecule is CCCCCC(C)(C)CNC(=NC)NCC(C)CN1CCN(CC)CC1.I. The monoisotopic (exact) mass is 495 g/mol. The van der Waals surface area contributed by atoms with Gasteiger partial charge in [-0.25, -0.2) is 0 Å². The molecule has 0 saturated carbocycles. The second-order valence-electron chi connectivity index (χ2n) is 8.77. The highest BCUT2D eigenvalue weighted by molar-refractivity contribution is 14.0. The Labute approximate surface area is 186 Å². The first-order valence-corrected chi connectivity index (χ1v) is 10.8. The molecule has 1 heterocycles. The first-order chi connectivity index (χ1) is 12.4. The van der Waals surface area contributed by atoms with Gasteiger partial charge in [0.15, 0.2) is 5.96 Å². The van der Waals surface area contributed by atoms with Gasteiger partial charge in [0.25, 0.3) is 0 Å². The highest BCUT2D eigenvalue weighted by Crippen LogP contribution is 2.22. The van der Waals surface area contributed by atoms with E-state index in [0.29, 0.717) is 11.3 Å². The lowest BCUT2D eigenvalue weighted by Crippen LogP contribution is -2.49. The molecule has 0 aromatic carbocycles. The van der Waals surface area contributed by atoms with Crippen LogP contribution < -0.4 is 10.6 Å². The third-order valence-electron chi connectivity index (χ3n) is 5.52. The van der Waals surface area contributed by atoms with Crippen LogP contribution in [0.3, 0.4) is 0 Å². The standard InChI is InChI=1S/C21H45N5.HI/c1-7-9-10-11-21(4,5)18-24-20(22-6)23-16-19(3)17-26-14-12-25(8-2)13-15-26;/h19H,7-18H2,1-6H3,(H2,22,23,24);1H. The summed E-state index contributed by atoms with van der Waals surface area (Å²) < 4.78 is 0. The molecular formula is C21H46IN5. The Bertz CT molecular complexity index is 392. The van der Waals surface area contributed by atoms with Crippen molar-refractivity contribution in [3.8, 4) is 0 Å². The Balaban J connectivity index is 0.00000676. The Kier molecular flexibility index (Phi) is 14.8. The number of hydrogen-bond donors (Lipinski definition) is 2. The van der Waals surface area contributed by atoms with E-state index < -0.39 is 0 Å². The lowest BCUT2D eigenvalue weighted by molar-refractivity contribution is 0.124. The van der Waals surface area contributed by atoms with Gasteiger partial charge in [-0.15, -0.1) is 24.0 Å². The van der Waals surface area contributed by atoms with Gasteiger partial charge in [0.05, 0.1) is 0 Å². The summed E-state index contributed by atoms with van der Waals surface area (Å²) in [5.41, 5.74) is 0.317. The number of piperazine rings is 1. The Morgan fingerprint density at radius 2 is 1.67 bits per heavy atom. The van der Waals surface area contributed by atoms with E-state index in [2.05, 4.69) is 60.0 Å². The summed E-state index contributed by atoms with van der Waals surface area (Å²) >= 11 is 0. The van der Waals surface area contributed by atoms with Crippen molar-refractivity contribution in [1.82, 2.24) is 20.4 Å². The molecule has 1 aliphatic rings. The van der Waals surface area contributed by atoms with Gasteiger partial charge in [0, 0.05) is 52.9 Å². The van der Waals surface area contributed by atoms with Crippen molar-refractivity contribution < 1.29 is 0 Å². The van der Waals surface area contributed by atoms with Crippen molar-refractivity contribution in [3.63, 3.8) is 0 Å². The van der Waals surface area contributed by atoms with Gasteiger partial charge in [-0.3, -0.25) is 4.99 Å². The van der Waals surface area contributed by atoms with Crippen molar-refractivity contribution in [2.75, 3.05) is 59.4 Å². The molecule has 0 radical (unpaired) electrons. The predicted octanol–water partition coefficient (Wildman–Crippen LogP) is 3.65. The van der Waals surface area contributed by atoms with Gasteiger partial charge in [-0.1, -0.05) is 53.9 Å². The minimum atomic E-state index is 0. The molecule has 0 amide bonds. The second-order valence-corrected chi connectivity index (χ2v) is 8.77. The maximum Gasteiger partial charge on any atom is 0.191 e. The number of guanidine groups is 1. The lowest BCUT2D eigenvalue weighted by atomic mass is 9.87. The topological polar surface area (TPSA) is 42.9 Å². The molecule has 1 aliphatic heterocycles. The molecule has 1 fully saturated rings. The number of nitrogens with one attached hydrogen (secondary N) is 2. The Morgan fingerprint density at radius 1 is 1.04 bits per heavy atom. The third kappa shape index (κ3) is 12.2. The van der Waals surface area contributed by atoms with Crippen LogP contribution in [0.15, 0.2) is 4.99 Å². The van der Waals surface area contributed by atoms with Crippen LogP contribution in [0.25, 0.3) is 0 Å². The molecule has 1 saturated heterocycles. The molecule has 1 atom stereocenters. The number of hydrogen-bond acceptors (Lipinski definition) is 3. The van der Waals surface area contributed by atoms with Crippen molar-refractivity contribution in [3.05, 3.63) is 0 Å². The minimum Gasteiger partial charge on any atom is -0.356 e. The molecule has 2 N–H and O–H groups in total. The van der Waals surface area contributed by atoms with Crippen molar-refractivity contribution in [1.29, 1.82) is 0 Å². The largest absolute Gasteiger partial charge is 0.356 e. The van der Waals surface area contributed by atoms with E-state index in [1.54, 1.807) is 0 Å². The smallest absolute Gasteiger partial charge is 0.191 e. The van der Waals surface area contributed by atoms with Crippen molar-refractivity contribution in [2.24, 2.45) is 16.3 Å². The van der Waals surface area contributed by atoms with Crippen molar-refractivity contribution >= 4 is 29.9 Å². The summed E-state index contributed by atoms with van der Waals surface area (Å²) in [5.74, 6) is 1.57. The summed E-state index contributed by atoms with van der Waals surface area (Å²) in [5, 5.41) is 7.05. The van der Waals surface area contributed by atoms with Crippen LogP contribution in [0.1, 0.15) is 60.3 Å². The zero-order valence-corrected chi connectivity index (χ0v) is 21.1. The predicted molar refractivity (Wildman–Crippen MR) is 130 cm³/mol. The Hall–Kier alpha value is -0.0800. The molecule has 27 heavy (non-hydrogen) atoms. The highest BCUT2D eigenvalue weighted by Gasteiger charge is 2.19. The summed E-state index contributed by atoms with van der Waals surface area (Å²) in [6.07, 6.45) is 5.21. The molecule has 1 unspecified atom stereocenters. The lowest BCUT2D eigenvalue weighted by Gasteiger charge is -2.35. The van der Waals surface area contributed by atoms with Gasteiger partial charge in [-0.05, 0) is 24.3 Å². The average molecular weight is 496 g/mol. The number of rotatable bonds is 11. The van der Waals surface area contributed by atoms with E-state index in [-0.39, 0.29) is 24.0 Å². The average Bonchev–Trinajstić information content (AvgIpc) is 2.62. The molecule has 1 rings (SSSR count). The summed E-state index contributed by atoms with van der Waals surface area (Å²) in [4.78, 5) is 9.54. The molecule has 0 aliphatic carbocycles. The van der Waals surface area contributed by atoms with Crippen LogP contribution in [-0.4, -0.2) is 75.2 Å². The number of nitrogens with zero attached hydrogens (tertiary/aromatic N) is 3. The van der Waals surface area contributed by atoms with Crippen LogP contribution in [0.2, 0.25) is 0 Å².